The average molecular weight is 442 g/mol. The maximum atomic E-state index is 13.8. The lowest BCUT2D eigenvalue weighted by molar-refractivity contribution is -0.125. The number of benzene rings is 1. The molecule has 0 aliphatic heterocycles. The number of rotatable bonds is 4. The van der Waals surface area contributed by atoms with Gasteiger partial charge in [-0.1, -0.05) is 30.8 Å². The lowest BCUT2D eigenvalue weighted by Crippen LogP contribution is -2.26. The first-order valence-corrected chi connectivity index (χ1v) is 12.0. The SMILES string of the molecule is Cc1ccc(C)c(-n2c(SCC(=O)N(C)C)nc3sc4c(c3c2=O)CCC(C)C4)c1. The number of aromatic nitrogens is 2. The second-order valence-corrected chi connectivity index (χ2v) is 10.5. The van der Waals surface area contributed by atoms with Gasteiger partial charge in [0.2, 0.25) is 5.91 Å². The summed E-state index contributed by atoms with van der Waals surface area (Å²) in [5, 5.41) is 1.36. The Morgan fingerprint density at radius 2 is 2.10 bits per heavy atom. The van der Waals surface area contributed by atoms with Crippen LogP contribution >= 0.6 is 23.1 Å². The molecule has 0 N–H and O–H groups in total. The predicted octanol–water partition coefficient (Wildman–Crippen LogP) is 4.37. The van der Waals surface area contributed by atoms with E-state index in [1.165, 1.54) is 22.2 Å². The Morgan fingerprint density at radius 1 is 1.33 bits per heavy atom. The third kappa shape index (κ3) is 3.81. The summed E-state index contributed by atoms with van der Waals surface area (Å²) in [4.78, 5) is 34.6. The molecule has 1 aliphatic rings. The summed E-state index contributed by atoms with van der Waals surface area (Å²) in [5.41, 5.74) is 4.12. The Balaban J connectivity index is 1.94. The van der Waals surface area contributed by atoms with Gasteiger partial charge in [-0.15, -0.1) is 11.3 Å². The van der Waals surface area contributed by atoms with Crippen molar-refractivity contribution in [1.29, 1.82) is 0 Å². The zero-order valence-corrected chi connectivity index (χ0v) is 19.7. The van der Waals surface area contributed by atoms with Crippen LogP contribution < -0.4 is 5.56 Å². The number of thiophene rings is 1. The van der Waals surface area contributed by atoms with E-state index in [9.17, 15) is 9.59 Å². The van der Waals surface area contributed by atoms with E-state index in [1.54, 1.807) is 34.9 Å². The molecular formula is C23H27N3O2S2. The molecule has 2 heterocycles. The van der Waals surface area contributed by atoms with Gasteiger partial charge < -0.3 is 4.90 Å². The summed E-state index contributed by atoms with van der Waals surface area (Å²) >= 11 is 2.99. The van der Waals surface area contributed by atoms with Crippen LogP contribution in [-0.2, 0) is 17.6 Å². The van der Waals surface area contributed by atoms with Gasteiger partial charge in [0.1, 0.15) is 4.83 Å². The quantitative estimate of drug-likeness (QED) is 0.446. The van der Waals surface area contributed by atoms with Crippen molar-refractivity contribution in [2.45, 2.75) is 45.2 Å². The molecule has 3 aromatic rings. The molecule has 0 saturated heterocycles. The molecular weight excluding hydrogens is 414 g/mol. The second-order valence-electron chi connectivity index (χ2n) is 8.43. The van der Waals surface area contributed by atoms with Crippen LogP contribution in [0.15, 0.2) is 28.2 Å². The number of carbonyl (C=O) groups is 1. The van der Waals surface area contributed by atoms with Crippen molar-refractivity contribution in [2.24, 2.45) is 5.92 Å². The number of aryl methyl sites for hydroxylation is 3. The molecule has 1 aliphatic carbocycles. The number of fused-ring (bicyclic) bond motifs is 3. The summed E-state index contributed by atoms with van der Waals surface area (Å²) in [6.07, 6.45) is 3.06. The minimum absolute atomic E-state index is 0.00107. The monoisotopic (exact) mass is 441 g/mol. The third-order valence-electron chi connectivity index (χ3n) is 5.73. The van der Waals surface area contributed by atoms with Crippen LogP contribution in [0.2, 0.25) is 0 Å². The van der Waals surface area contributed by atoms with Crippen molar-refractivity contribution in [3.05, 3.63) is 50.1 Å². The van der Waals surface area contributed by atoms with Gasteiger partial charge in [0.15, 0.2) is 5.16 Å². The van der Waals surface area contributed by atoms with E-state index in [-0.39, 0.29) is 17.2 Å². The molecule has 1 atom stereocenters. The van der Waals surface area contributed by atoms with Crippen molar-refractivity contribution in [3.63, 3.8) is 0 Å². The van der Waals surface area contributed by atoms with Gasteiger partial charge >= 0.3 is 0 Å². The fourth-order valence-corrected chi connectivity index (χ4v) is 6.30. The highest BCUT2D eigenvalue weighted by molar-refractivity contribution is 7.99. The van der Waals surface area contributed by atoms with Crippen LogP contribution in [0.3, 0.4) is 0 Å². The third-order valence-corrected chi connectivity index (χ3v) is 7.80. The van der Waals surface area contributed by atoms with Crippen LogP contribution in [0.25, 0.3) is 15.9 Å². The van der Waals surface area contributed by atoms with E-state index in [2.05, 4.69) is 6.92 Å². The molecule has 4 rings (SSSR count). The van der Waals surface area contributed by atoms with Crippen molar-refractivity contribution >= 4 is 39.2 Å². The molecule has 1 unspecified atom stereocenters. The number of hydrogen-bond acceptors (Lipinski definition) is 5. The molecule has 30 heavy (non-hydrogen) atoms. The zero-order valence-electron chi connectivity index (χ0n) is 18.1. The Bertz CT molecular complexity index is 1190. The molecule has 0 bridgehead atoms. The zero-order chi connectivity index (χ0) is 21.6. The van der Waals surface area contributed by atoms with Gasteiger partial charge in [-0.05, 0) is 61.8 Å². The standard InChI is InChI=1S/C23H27N3O2S2/c1-13-6-8-15(3)17(10-13)26-22(28)20-16-9-7-14(2)11-18(16)30-21(20)24-23(26)29-12-19(27)25(4)5/h6,8,10,14H,7,9,11-12H2,1-5H3. The summed E-state index contributed by atoms with van der Waals surface area (Å²) in [5.74, 6) is 0.886. The van der Waals surface area contributed by atoms with E-state index in [4.69, 9.17) is 4.98 Å². The van der Waals surface area contributed by atoms with E-state index in [0.29, 0.717) is 11.1 Å². The van der Waals surface area contributed by atoms with Crippen LogP contribution in [-0.4, -0.2) is 40.2 Å². The first-order valence-electron chi connectivity index (χ1n) is 10.2. The number of hydrogen-bond donors (Lipinski definition) is 0. The maximum Gasteiger partial charge on any atom is 0.267 e. The first kappa shape index (κ1) is 21.1. The highest BCUT2D eigenvalue weighted by Gasteiger charge is 2.25. The highest BCUT2D eigenvalue weighted by atomic mass is 32.2. The molecule has 1 amide bonds. The molecule has 0 spiro atoms. The van der Waals surface area contributed by atoms with E-state index in [0.717, 1.165) is 46.3 Å². The fraction of sp³-hybridized carbons (Fsp3) is 0.435. The largest absolute Gasteiger partial charge is 0.348 e. The summed E-state index contributed by atoms with van der Waals surface area (Å²) < 4.78 is 1.73. The average Bonchev–Trinajstić information content (AvgIpc) is 3.05. The first-order chi connectivity index (χ1) is 14.3. The Morgan fingerprint density at radius 3 is 2.83 bits per heavy atom. The summed E-state index contributed by atoms with van der Waals surface area (Å²) in [7, 11) is 3.48. The van der Waals surface area contributed by atoms with Gasteiger partial charge in [-0.3, -0.25) is 14.2 Å². The number of nitrogens with zero attached hydrogens (tertiary/aromatic N) is 3. The van der Waals surface area contributed by atoms with E-state index < -0.39 is 0 Å². The summed E-state index contributed by atoms with van der Waals surface area (Å²) in [6, 6.07) is 6.11. The Hall–Kier alpha value is -2.12. The van der Waals surface area contributed by atoms with Crippen molar-refractivity contribution in [1.82, 2.24) is 14.5 Å². The molecule has 158 valence electrons. The van der Waals surface area contributed by atoms with Gasteiger partial charge in [-0.25, -0.2) is 4.98 Å². The van der Waals surface area contributed by atoms with E-state index >= 15 is 0 Å². The maximum absolute atomic E-state index is 13.8. The molecule has 5 nitrogen and oxygen atoms in total. The number of carbonyl (C=O) groups excluding carboxylic acids is 1. The minimum Gasteiger partial charge on any atom is -0.348 e. The van der Waals surface area contributed by atoms with Crippen molar-refractivity contribution < 1.29 is 4.79 Å². The topological polar surface area (TPSA) is 55.2 Å². The molecule has 0 radical (unpaired) electrons. The lowest BCUT2D eigenvalue weighted by atomic mass is 9.89. The minimum atomic E-state index is -0.0134. The molecule has 2 aromatic heterocycles. The van der Waals surface area contributed by atoms with Crippen LogP contribution in [0.5, 0.6) is 0 Å². The molecule has 0 saturated carbocycles. The molecule has 1 aromatic carbocycles. The summed E-state index contributed by atoms with van der Waals surface area (Å²) in [6.45, 7) is 6.30. The van der Waals surface area contributed by atoms with Gasteiger partial charge in [-0.2, -0.15) is 0 Å². The smallest absolute Gasteiger partial charge is 0.267 e. The Labute approximate surface area is 185 Å². The predicted molar refractivity (Wildman–Crippen MR) is 125 cm³/mol. The van der Waals surface area contributed by atoms with E-state index in [1.807, 2.05) is 32.0 Å². The second kappa shape index (κ2) is 8.19. The fourth-order valence-electron chi connectivity index (χ4n) is 3.90. The highest BCUT2D eigenvalue weighted by Crippen LogP contribution is 2.37. The molecule has 0 fully saturated rings. The van der Waals surface area contributed by atoms with Crippen LogP contribution in [0.1, 0.15) is 34.9 Å². The Kier molecular flexibility index (Phi) is 5.77. The van der Waals surface area contributed by atoms with Crippen LogP contribution in [0.4, 0.5) is 0 Å². The lowest BCUT2D eigenvalue weighted by Gasteiger charge is -2.18. The van der Waals surface area contributed by atoms with Gasteiger partial charge in [0.05, 0.1) is 16.8 Å². The molecule has 7 heteroatoms. The normalized spacial score (nSPS) is 16.0. The number of amides is 1. The van der Waals surface area contributed by atoms with Crippen molar-refractivity contribution in [3.8, 4) is 5.69 Å². The van der Waals surface area contributed by atoms with Crippen molar-refractivity contribution in [2.75, 3.05) is 19.8 Å². The van der Waals surface area contributed by atoms with Crippen LogP contribution in [0, 0.1) is 19.8 Å². The van der Waals surface area contributed by atoms with Gasteiger partial charge in [0, 0.05) is 19.0 Å². The van der Waals surface area contributed by atoms with Gasteiger partial charge in [0.25, 0.3) is 5.56 Å². The number of thioether (sulfide) groups is 1.